The fourth-order valence-corrected chi connectivity index (χ4v) is 5.00. The summed E-state index contributed by atoms with van der Waals surface area (Å²) in [5, 5.41) is 8.15. The number of aromatic amines is 1. The first-order valence-corrected chi connectivity index (χ1v) is 10.4. The molecule has 4 heterocycles. The van der Waals surface area contributed by atoms with Crippen LogP contribution in [0, 0.1) is 0 Å². The van der Waals surface area contributed by atoms with Crippen molar-refractivity contribution in [2.45, 2.75) is 37.3 Å². The van der Waals surface area contributed by atoms with Gasteiger partial charge in [0.25, 0.3) is 5.91 Å². The number of fused-ring (bicyclic) bond motifs is 1. The molecule has 7 heteroatoms. The van der Waals surface area contributed by atoms with Gasteiger partial charge in [-0.25, -0.2) is 0 Å². The molecule has 1 amide bonds. The van der Waals surface area contributed by atoms with Crippen LogP contribution in [0.25, 0.3) is 10.9 Å². The Morgan fingerprint density at radius 2 is 1.89 bits per heavy atom. The van der Waals surface area contributed by atoms with Crippen LogP contribution in [-0.2, 0) is 9.47 Å². The third-order valence-corrected chi connectivity index (χ3v) is 6.66. The Labute approximate surface area is 165 Å². The van der Waals surface area contributed by atoms with Gasteiger partial charge in [0.05, 0.1) is 24.3 Å². The molecule has 0 bridgehead atoms. The zero-order valence-corrected chi connectivity index (χ0v) is 16.2. The summed E-state index contributed by atoms with van der Waals surface area (Å²) in [5.41, 5.74) is 1.36. The second kappa shape index (κ2) is 7.46. The summed E-state index contributed by atoms with van der Waals surface area (Å²) in [6.45, 7) is 6.01. The number of nitrogens with one attached hydrogen (secondary N) is 1. The topological polar surface area (TPSA) is 70.7 Å². The van der Waals surface area contributed by atoms with E-state index < -0.39 is 0 Å². The number of hydrogen-bond acceptors (Lipinski definition) is 5. The Bertz CT molecular complexity index is 837. The highest BCUT2D eigenvalue weighted by Gasteiger charge is 2.43. The predicted molar refractivity (Wildman–Crippen MR) is 105 cm³/mol. The highest BCUT2D eigenvalue weighted by atomic mass is 16.5. The van der Waals surface area contributed by atoms with Gasteiger partial charge in [-0.15, -0.1) is 0 Å². The number of nitrogens with zero attached hydrogens (tertiary/aromatic N) is 3. The van der Waals surface area contributed by atoms with Crippen LogP contribution >= 0.6 is 0 Å². The minimum absolute atomic E-state index is 0.0211. The third-order valence-electron chi connectivity index (χ3n) is 6.66. The maximum atomic E-state index is 13.0. The first-order chi connectivity index (χ1) is 13.7. The van der Waals surface area contributed by atoms with E-state index in [1.54, 1.807) is 0 Å². The van der Waals surface area contributed by atoms with Crippen LogP contribution < -0.4 is 0 Å². The summed E-state index contributed by atoms with van der Waals surface area (Å²) in [7, 11) is 0. The van der Waals surface area contributed by atoms with E-state index in [9.17, 15) is 4.79 Å². The molecular formula is C21H28N4O3. The molecule has 3 saturated heterocycles. The summed E-state index contributed by atoms with van der Waals surface area (Å²) < 4.78 is 11.8. The summed E-state index contributed by atoms with van der Waals surface area (Å²) in [6, 6.07) is 8.38. The Balaban J connectivity index is 1.25. The Morgan fingerprint density at radius 1 is 1.11 bits per heavy atom. The minimum atomic E-state index is -0.0777. The number of likely N-dealkylation sites (tertiary alicyclic amines) is 1. The lowest BCUT2D eigenvalue weighted by molar-refractivity contribution is -0.136. The van der Waals surface area contributed by atoms with Crippen molar-refractivity contribution in [1.29, 1.82) is 0 Å². The van der Waals surface area contributed by atoms with Gasteiger partial charge in [-0.1, -0.05) is 18.2 Å². The second-order valence-corrected chi connectivity index (χ2v) is 8.24. The highest BCUT2D eigenvalue weighted by molar-refractivity contribution is 6.04. The zero-order valence-electron chi connectivity index (χ0n) is 16.2. The molecule has 2 aromatic rings. The summed E-state index contributed by atoms with van der Waals surface area (Å²) in [6.07, 6.45) is 3.98. The fraction of sp³-hybridized carbons (Fsp3) is 0.619. The molecule has 7 nitrogen and oxygen atoms in total. The minimum Gasteiger partial charge on any atom is -0.379 e. The number of morpholine rings is 1. The predicted octanol–water partition coefficient (Wildman–Crippen LogP) is 2.05. The Morgan fingerprint density at radius 3 is 2.71 bits per heavy atom. The van der Waals surface area contributed by atoms with Crippen LogP contribution in [0.1, 0.15) is 36.2 Å². The van der Waals surface area contributed by atoms with Crippen molar-refractivity contribution in [3.05, 3.63) is 30.0 Å². The molecule has 5 rings (SSSR count). The van der Waals surface area contributed by atoms with Gasteiger partial charge in [0.2, 0.25) is 0 Å². The van der Waals surface area contributed by atoms with Crippen LogP contribution in [0.4, 0.5) is 0 Å². The van der Waals surface area contributed by atoms with Crippen LogP contribution in [0.2, 0.25) is 0 Å². The van der Waals surface area contributed by atoms with Gasteiger partial charge in [0.1, 0.15) is 0 Å². The van der Waals surface area contributed by atoms with E-state index in [0.29, 0.717) is 11.7 Å². The Hall–Kier alpha value is -1.96. The molecule has 1 aromatic carbocycles. The number of hydrogen-bond donors (Lipinski definition) is 1. The van der Waals surface area contributed by atoms with Crippen molar-refractivity contribution in [2.24, 2.45) is 0 Å². The van der Waals surface area contributed by atoms with E-state index in [1.165, 1.54) is 0 Å². The zero-order chi connectivity index (χ0) is 19.0. The van der Waals surface area contributed by atoms with Crippen LogP contribution in [0.5, 0.6) is 0 Å². The monoisotopic (exact) mass is 384 g/mol. The summed E-state index contributed by atoms with van der Waals surface area (Å²) in [4.78, 5) is 17.5. The van der Waals surface area contributed by atoms with Gasteiger partial charge in [-0.05, 0) is 31.7 Å². The van der Waals surface area contributed by atoms with Gasteiger partial charge in [-0.2, -0.15) is 5.10 Å². The van der Waals surface area contributed by atoms with Crippen molar-refractivity contribution >= 4 is 16.8 Å². The van der Waals surface area contributed by atoms with Gasteiger partial charge in [0.15, 0.2) is 5.69 Å². The van der Waals surface area contributed by atoms with Gasteiger partial charge in [-0.3, -0.25) is 14.8 Å². The van der Waals surface area contributed by atoms with Crippen molar-refractivity contribution in [1.82, 2.24) is 20.0 Å². The van der Waals surface area contributed by atoms with E-state index in [-0.39, 0.29) is 11.5 Å². The van der Waals surface area contributed by atoms with E-state index in [4.69, 9.17) is 9.47 Å². The molecular weight excluding hydrogens is 356 g/mol. The number of para-hydroxylation sites is 1. The molecule has 1 spiro atoms. The number of H-pyrrole nitrogens is 1. The molecule has 3 fully saturated rings. The molecule has 1 aromatic heterocycles. The Kier molecular flexibility index (Phi) is 4.82. The lowest BCUT2D eigenvalue weighted by Crippen LogP contribution is -2.55. The lowest BCUT2D eigenvalue weighted by atomic mass is 9.81. The maximum Gasteiger partial charge on any atom is 0.274 e. The van der Waals surface area contributed by atoms with Gasteiger partial charge < -0.3 is 14.4 Å². The maximum absolute atomic E-state index is 13.0. The number of carbonyl (C=O) groups is 1. The van der Waals surface area contributed by atoms with Crippen molar-refractivity contribution in [3.63, 3.8) is 0 Å². The van der Waals surface area contributed by atoms with Crippen LogP contribution in [-0.4, -0.2) is 83.5 Å². The van der Waals surface area contributed by atoms with Crippen LogP contribution in [0.15, 0.2) is 24.3 Å². The molecule has 0 saturated carbocycles. The van der Waals surface area contributed by atoms with Crippen molar-refractivity contribution in [3.8, 4) is 0 Å². The molecule has 28 heavy (non-hydrogen) atoms. The molecule has 0 radical (unpaired) electrons. The fourth-order valence-electron chi connectivity index (χ4n) is 5.00. The van der Waals surface area contributed by atoms with Crippen molar-refractivity contribution in [2.75, 3.05) is 46.0 Å². The number of amides is 1. The molecule has 3 aliphatic heterocycles. The summed E-state index contributed by atoms with van der Waals surface area (Å²) in [5.74, 6) is 0.0211. The molecule has 150 valence electrons. The number of carbonyl (C=O) groups excluding carboxylic acids is 1. The average molecular weight is 384 g/mol. The number of piperidine rings is 1. The normalized spacial score (nSPS) is 26.0. The number of aromatic nitrogens is 2. The molecule has 3 aliphatic rings. The quantitative estimate of drug-likeness (QED) is 0.858. The van der Waals surface area contributed by atoms with E-state index in [0.717, 1.165) is 82.6 Å². The smallest absolute Gasteiger partial charge is 0.274 e. The molecule has 0 aliphatic carbocycles. The van der Waals surface area contributed by atoms with Crippen molar-refractivity contribution < 1.29 is 14.3 Å². The number of rotatable bonds is 2. The van der Waals surface area contributed by atoms with E-state index in [2.05, 4.69) is 15.1 Å². The van der Waals surface area contributed by atoms with Gasteiger partial charge in [0, 0.05) is 44.2 Å². The first kappa shape index (κ1) is 18.1. The number of benzene rings is 1. The van der Waals surface area contributed by atoms with Crippen LogP contribution in [0.3, 0.4) is 0 Å². The molecule has 1 N–H and O–H groups in total. The SMILES string of the molecule is O=C(c1n[nH]c2ccccc12)N1CCC2(CC1)CC(N1CCOCC1)CCO2. The number of ether oxygens (including phenoxy) is 2. The molecule has 1 atom stereocenters. The van der Waals surface area contributed by atoms with E-state index >= 15 is 0 Å². The average Bonchev–Trinajstić information content (AvgIpc) is 3.19. The molecule has 1 unspecified atom stereocenters. The standard InChI is InChI=1S/C21H28N4O3/c26-20(19-17-3-1-2-4-18(17)22-23-19)25-8-6-21(7-9-25)15-16(5-12-28-21)24-10-13-27-14-11-24/h1-4,16H,5-15H2,(H,22,23). The lowest BCUT2D eigenvalue weighted by Gasteiger charge is -2.49. The summed E-state index contributed by atoms with van der Waals surface area (Å²) >= 11 is 0. The van der Waals surface area contributed by atoms with Gasteiger partial charge >= 0.3 is 0 Å². The largest absolute Gasteiger partial charge is 0.379 e. The first-order valence-electron chi connectivity index (χ1n) is 10.4. The third kappa shape index (κ3) is 3.32. The van der Waals surface area contributed by atoms with E-state index in [1.807, 2.05) is 29.2 Å². The highest BCUT2D eigenvalue weighted by Crippen LogP contribution is 2.37. The second-order valence-electron chi connectivity index (χ2n) is 8.24.